The van der Waals surface area contributed by atoms with E-state index >= 15 is 0 Å². The highest BCUT2D eigenvalue weighted by Crippen LogP contribution is 2.46. The predicted molar refractivity (Wildman–Crippen MR) is 114 cm³/mol. The van der Waals surface area contributed by atoms with Crippen molar-refractivity contribution >= 4 is 52.2 Å². The van der Waals surface area contributed by atoms with Crippen LogP contribution in [0.4, 0.5) is 24.7 Å². The molecule has 3 aromatic rings. The Hall–Kier alpha value is -2.42. The van der Waals surface area contributed by atoms with Gasteiger partial charge in [0.2, 0.25) is 0 Å². The number of benzene rings is 2. The van der Waals surface area contributed by atoms with Gasteiger partial charge in [0.1, 0.15) is 10.8 Å². The molecule has 0 spiro atoms. The first-order valence-electron chi connectivity index (χ1n) is 9.07. The van der Waals surface area contributed by atoms with Crippen LogP contribution >= 0.6 is 34.8 Å². The summed E-state index contributed by atoms with van der Waals surface area (Å²) >= 11 is 18.0. The SMILES string of the molecule is O=C(Nc1ccc(Cl)cc1)c1nn2c(c1Cl)NC(c1ccc(Cl)cc1)CC2C(F)(F)F. The first-order chi connectivity index (χ1) is 14.6. The lowest BCUT2D eigenvalue weighted by Crippen LogP contribution is -2.35. The van der Waals surface area contributed by atoms with Crippen LogP contribution in [-0.2, 0) is 0 Å². The zero-order valence-electron chi connectivity index (χ0n) is 15.6. The molecule has 11 heteroatoms. The third-order valence-corrected chi connectivity index (χ3v) is 5.75. The lowest BCUT2D eigenvalue weighted by molar-refractivity contribution is -0.173. The van der Waals surface area contributed by atoms with Crippen LogP contribution in [0.3, 0.4) is 0 Å². The van der Waals surface area contributed by atoms with E-state index in [-0.39, 0.29) is 23.0 Å². The third kappa shape index (κ3) is 4.46. The van der Waals surface area contributed by atoms with E-state index < -0.39 is 24.2 Å². The Bertz CT molecular complexity index is 1110. The van der Waals surface area contributed by atoms with Gasteiger partial charge in [-0.15, -0.1) is 0 Å². The topological polar surface area (TPSA) is 59.0 Å². The summed E-state index contributed by atoms with van der Waals surface area (Å²) in [6.07, 6.45) is -4.92. The van der Waals surface area contributed by atoms with Crippen molar-refractivity contribution < 1.29 is 18.0 Å². The van der Waals surface area contributed by atoms with Crippen LogP contribution in [-0.4, -0.2) is 21.9 Å². The molecule has 31 heavy (non-hydrogen) atoms. The zero-order valence-corrected chi connectivity index (χ0v) is 17.8. The number of aromatic nitrogens is 2. The van der Waals surface area contributed by atoms with Gasteiger partial charge in [0.15, 0.2) is 11.7 Å². The Kier molecular flexibility index (Phi) is 5.81. The highest BCUT2D eigenvalue weighted by Gasteiger charge is 2.47. The van der Waals surface area contributed by atoms with Crippen molar-refractivity contribution in [2.24, 2.45) is 0 Å². The molecule has 0 bridgehead atoms. The van der Waals surface area contributed by atoms with E-state index in [4.69, 9.17) is 34.8 Å². The maximum absolute atomic E-state index is 13.8. The van der Waals surface area contributed by atoms with Crippen molar-refractivity contribution in [2.75, 3.05) is 10.6 Å². The molecule has 1 aliphatic rings. The Morgan fingerprint density at radius 2 is 1.61 bits per heavy atom. The van der Waals surface area contributed by atoms with Crippen LogP contribution in [0.5, 0.6) is 0 Å². The summed E-state index contributed by atoms with van der Waals surface area (Å²) in [5.74, 6) is -0.809. The second-order valence-corrected chi connectivity index (χ2v) is 8.21. The molecule has 162 valence electrons. The van der Waals surface area contributed by atoms with Crippen molar-refractivity contribution in [3.8, 4) is 0 Å². The van der Waals surface area contributed by atoms with Gasteiger partial charge in [-0.1, -0.05) is 46.9 Å². The van der Waals surface area contributed by atoms with Gasteiger partial charge in [0.25, 0.3) is 5.91 Å². The number of amides is 1. The highest BCUT2D eigenvalue weighted by molar-refractivity contribution is 6.36. The summed E-state index contributed by atoms with van der Waals surface area (Å²) in [4.78, 5) is 12.7. The van der Waals surface area contributed by atoms with E-state index in [0.29, 0.717) is 21.3 Å². The molecule has 0 saturated heterocycles. The summed E-state index contributed by atoms with van der Waals surface area (Å²) in [7, 11) is 0. The van der Waals surface area contributed by atoms with Crippen molar-refractivity contribution in [3.63, 3.8) is 0 Å². The van der Waals surface area contributed by atoms with E-state index in [1.54, 1.807) is 48.5 Å². The van der Waals surface area contributed by atoms with Crippen LogP contribution in [0, 0.1) is 0 Å². The molecular formula is C20H14Cl3F3N4O. The van der Waals surface area contributed by atoms with Crippen molar-refractivity contribution in [1.82, 2.24) is 9.78 Å². The first-order valence-corrected chi connectivity index (χ1v) is 10.2. The number of carbonyl (C=O) groups excluding carboxylic acids is 1. The summed E-state index contributed by atoms with van der Waals surface area (Å²) in [6.45, 7) is 0. The standard InChI is InChI=1S/C20H14Cl3F3N4O/c21-11-3-1-10(2-4-11)14-9-15(20(24,25)26)30-18(28-14)16(23)17(29-30)19(31)27-13-7-5-12(22)6-8-13/h1-8,14-15,28H,9H2,(H,27,31). The first kappa shape index (κ1) is 21.8. The predicted octanol–water partition coefficient (Wildman–Crippen LogP) is 6.76. The molecule has 2 N–H and O–H groups in total. The lowest BCUT2D eigenvalue weighted by atomic mass is 9.97. The minimum Gasteiger partial charge on any atom is -0.362 e. The van der Waals surface area contributed by atoms with Gasteiger partial charge in [-0.2, -0.15) is 18.3 Å². The number of fused-ring (bicyclic) bond motifs is 1. The minimum absolute atomic E-state index is 0.0727. The fourth-order valence-electron chi connectivity index (χ4n) is 3.37. The van der Waals surface area contributed by atoms with Crippen LogP contribution < -0.4 is 10.6 Å². The molecule has 1 aromatic heterocycles. The Balaban J connectivity index is 1.69. The van der Waals surface area contributed by atoms with E-state index in [1.807, 2.05) is 0 Å². The molecule has 1 amide bonds. The second kappa shape index (κ2) is 8.26. The van der Waals surface area contributed by atoms with Gasteiger partial charge in [0.05, 0.1) is 6.04 Å². The fourth-order valence-corrected chi connectivity index (χ4v) is 3.89. The molecule has 1 aliphatic heterocycles. The van der Waals surface area contributed by atoms with Crippen LogP contribution in [0.2, 0.25) is 15.1 Å². The minimum atomic E-state index is -4.60. The number of nitrogens with one attached hydrogen (secondary N) is 2. The summed E-state index contributed by atoms with van der Waals surface area (Å²) in [6, 6.07) is 10.1. The molecule has 5 nitrogen and oxygen atoms in total. The number of anilines is 2. The monoisotopic (exact) mass is 488 g/mol. The largest absolute Gasteiger partial charge is 0.410 e. The van der Waals surface area contributed by atoms with Crippen molar-refractivity contribution in [3.05, 3.63) is 74.9 Å². The number of alkyl halides is 3. The molecule has 4 rings (SSSR count). The maximum atomic E-state index is 13.8. The van der Waals surface area contributed by atoms with Gasteiger partial charge in [-0.3, -0.25) is 4.79 Å². The van der Waals surface area contributed by atoms with Gasteiger partial charge in [-0.25, -0.2) is 4.68 Å². The Labute approximate surface area is 190 Å². The normalized spacial score (nSPS) is 18.3. The second-order valence-electron chi connectivity index (χ2n) is 6.96. The quantitative estimate of drug-likeness (QED) is 0.427. The Morgan fingerprint density at radius 1 is 1.03 bits per heavy atom. The molecular weight excluding hydrogens is 476 g/mol. The van der Waals surface area contributed by atoms with Crippen LogP contribution in [0.1, 0.15) is 34.6 Å². The number of hydrogen-bond acceptors (Lipinski definition) is 3. The van der Waals surface area contributed by atoms with Gasteiger partial charge < -0.3 is 10.6 Å². The van der Waals surface area contributed by atoms with E-state index in [9.17, 15) is 18.0 Å². The molecule has 2 heterocycles. The molecule has 0 radical (unpaired) electrons. The molecule has 0 fully saturated rings. The van der Waals surface area contributed by atoms with Crippen LogP contribution in [0.25, 0.3) is 0 Å². The lowest BCUT2D eigenvalue weighted by Gasteiger charge is -2.33. The van der Waals surface area contributed by atoms with E-state index in [2.05, 4.69) is 15.7 Å². The summed E-state index contributed by atoms with van der Waals surface area (Å²) < 4.78 is 42.2. The number of hydrogen-bond donors (Lipinski definition) is 2. The number of rotatable bonds is 3. The number of halogens is 6. The van der Waals surface area contributed by atoms with Gasteiger partial charge in [-0.05, 0) is 42.0 Å². The number of nitrogens with zero attached hydrogens (tertiary/aromatic N) is 2. The fraction of sp³-hybridized carbons (Fsp3) is 0.200. The molecule has 2 unspecified atom stereocenters. The molecule has 0 saturated carbocycles. The highest BCUT2D eigenvalue weighted by atomic mass is 35.5. The van der Waals surface area contributed by atoms with Crippen molar-refractivity contribution in [1.29, 1.82) is 0 Å². The van der Waals surface area contributed by atoms with E-state index in [1.165, 1.54) is 0 Å². The van der Waals surface area contributed by atoms with Gasteiger partial charge >= 0.3 is 6.18 Å². The van der Waals surface area contributed by atoms with Gasteiger partial charge in [0, 0.05) is 22.2 Å². The Morgan fingerprint density at radius 3 is 2.19 bits per heavy atom. The molecule has 2 atom stereocenters. The van der Waals surface area contributed by atoms with Crippen molar-refractivity contribution in [2.45, 2.75) is 24.7 Å². The molecule has 0 aliphatic carbocycles. The summed E-state index contributed by atoms with van der Waals surface area (Å²) in [5.41, 5.74) is 0.690. The number of carbonyl (C=O) groups is 1. The molecule has 2 aromatic carbocycles. The third-order valence-electron chi connectivity index (χ3n) is 4.89. The average molecular weight is 490 g/mol. The smallest absolute Gasteiger partial charge is 0.362 e. The maximum Gasteiger partial charge on any atom is 0.410 e. The van der Waals surface area contributed by atoms with E-state index in [0.717, 1.165) is 4.68 Å². The zero-order chi connectivity index (χ0) is 22.3. The average Bonchev–Trinajstić information content (AvgIpc) is 3.05. The summed E-state index contributed by atoms with van der Waals surface area (Å²) in [5, 5.41) is 10.2. The van der Waals surface area contributed by atoms with Crippen LogP contribution in [0.15, 0.2) is 48.5 Å².